The summed E-state index contributed by atoms with van der Waals surface area (Å²) in [7, 11) is 0. The van der Waals surface area contributed by atoms with Gasteiger partial charge in [-0.2, -0.15) is 0 Å². The quantitative estimate of drug-likeness (QED) is 0.588. The first-order valence-electron chi connectivity index (χ1n) is 5.44. The van der Waals surface area contributed by atoms with Crippen molar-refractivity contribution in [2.45, 2.75) is 32.0 Å². The molecule has 0 radical (unpaired) electrons. The van der Waals surface area contributed by atoms with E-state index < -0.39 is 12.0 Å². The van der Waals surface area contributed by atoms with E-state index in [9.17, 15) is 4.79 Å². The van der Waals surface area contributed by atoms with Crippen LogP contribution in [-0.2, 0) is 4.79 Å². The van der Waals surface area contributed by atoms with Gasteiger partial charge < -0.3 is 10.4 Å². The lowest BCUT2D eigenvalue weighted by Gasteiger charge is -2.11. The zero-order chi connectivity index (χ0) is 12.8. The summed E-state index contributed by atoms with van der Waals surface area (Å²) in [6.45, 7) is 6.31. The molecule has 0 bridgehead atoms. The highest BCUT2D eigenvalue weighted by atomic mass is 32.2. The summed E-state index contributed by atoms with van der Waals surface area (Å²) in [5.41, 5.74) is 1.80. The second kappa shape index (κ2) is 6.56. The van der Waals surface area contributed by atoms with E-state index in [1.165, 1.54) is 11.8 Å². The van der Waals surface area contributed by atoms with Crippen LogP contribution in [0.15, 0.2) is 11.2 Å². The largest absolute Gasteiger partial charge is 0.480 e. The van der Waals surface area contributed by atoms with E-state index in [-0.39, 0.29) is 0 Å². The number of nitrogens with zero attached hydrogens (tertiary/aromatic N) is 2. The van der Waals surface area contributed by atoms with E-state index in [2.05, 4.69) is 15.3 Å². The Hall–Kier alpha value is -1.14. The molecule has 0 saturated carbocycles. The van der Waals surface area contributed by atoms with Crippen LogP contribution in [0.5, 0.6) is 0 Å². The third-order valence-corrected chi connectivity index (χ3v) is 3.03. The molecule has 0 aliphatic rings. The number of hydrogen-bond acceptors (Lipinski definition) is 5. The number of rotatable bonds is 6. The van der Waals surface area contributed by atoms with Crippen molar-refractivity contribution < 1.29 is 9.90 Å². The Balaban J connectivity index is 2.61. The Morgan fingerprint density at radius 3 is 2.53 bits per heavy atom. The fraction of sp³-hybridized carbons (Fsp3) is 0.545. The third-order valence-electron chi connectivity index (χ3n) is 2.09. The molecule has 1 atom stereocenters. The summed E-state index contributed by atoms with van der Waals surface area (Å²) in [5.74, 6) is -0.421. The highest BCUT2D eigenvalue weighted by Gasteiger charge is 2.16. The second-order valence-electron chi connectivity index (χ2n) is 3.69. The molecule has 1 heterocycles. The summed E-state index contributed by atoms with van der Waals surface area (Å²) >= 11 is 1.36. The number of aromatic nitrogens is 2. The fourth-order valence-corrected chi connectivity index (χ4v) is 2.37. The van der Waals surface area contributed by atoms with E-state index in [0.29, 0.717) is 17.5 Å². The number of hydrogen-bond donors (Lipinski definition) is 2. The molecule has 1 aromatic heterocycles. The summed E-state index contributed by atoms with van der Waals surface area (Å²) in [4.78, 5) is 19.4. The van der Waals surface area contributed by atoms with E-state index >= 15 is 0 Å². The SMILES string of the molecule is CCNC(CSc1nc(C)cc(C)n1)C(=O)O. The molecular formula is C11H17N3O2S. The summed E-state index contributed by atoms with van der Waals surface area (Å²) < 4.78 is 0. The molecule has 2 N–H and O–H groups in total. The Labute approximate surface area is 105 Å². The van der Waals surface area contributed by atoms with Crippen LogP contribution >= 0.6 is 11.8 Å². The first-order valence-corrected chi connectivity index (χ1v) is 6.42. The van der Waals surface area contributed by atoms with Crippen LogP contribution < -0.4 is 5.32 Å². The molecule has 0 aliphatic heterocycles. The van der Waals surface area contributed by atoms with Gasteiger partial charge in [-0.3, -0.25) is 4.79 Å². The first kappa shape index (κ1) is 13.9. The van der Waals surface area contributed by atoms with Crippen molar-refractivity contribution in [3.8, 4) is 0 Å². The molecule has 0 fully saturated rings. The van der Waals surface area contributed by atoms with Gasteiger partial charge in [0.1, 0.15) is 6.04 Å². The predicted molar refractivity (Wildman–Crippen MR) is 67.3 cm³/mol. The molecule has 0 saturated heterocycles. The average molecular weight is 255 g/mol. The minimum Gasteiger partial charge on any atom is -0.480 e. The number of likely N-dealkylation sites (N-methyl/N-ethyl adjacent to an activating group) is 1. The van der Waals surface area contributed by atoms with Gasteiger partial charge in [0.05, 0.1) is 0 Å². The molecule has 1 aromatic rings. The fourth-order valence-electron chi connectivity index (χ4n) is 1.38. The lowest BCUT2D eigenvalue weighted by atomic mass is 10.3. The van der Waals surface area contributed by atoms with E-state index in [0.717, 1.165) is 11.4 Å². The predicted octanol–water partition coefficient (Wildman–Crippen LogP) is 1.25. The third kappa shape index (κ3) is 4.70. The van der Waals surface area contributed by atoms with Crippen LogP contribution in [0.2, 0.25) is 0 Å². The first-order chi connectivity index (χ1) is 8.02. The van der Waals surface area contributed by atoms with Crippen LogP contribution in [-0.4, -0.2) is 39.4 Å². The van der Waals surface area contributed by atoms with E-state index in [4.69, 9.17) is 5.11 Å². The minimum atomic E-state index is -0.844. The summed E-state index contributed by atoms with van der Waals surface area (Å²) in [5, 5.41) is 12.5. The van der Waals surface area contributed by atoms with Gasteiger partial charge in [0.15, 0.2) is 5.16 Å². The standard InChI is InChI=1S/C11H17N3O2S/c1-4-12-9(10(15)16)6-17-11-13-7(2)5-8(3)14-11/h5,9,12H,4,6H2,1-3H3,(H,15,16). The number of carbonyl (C=O) groups is 1. The zero-order valence-corrected chi connectivity index (χ0v) is 11.0. The van der Waals surface area contributed by atoms with Crippen LogP contribution in [0.25, 0.3) is 0 Å². The molecule has 0 spiro atoms. The van der Waals surface area contributed by atoms with Crippen molar-refractivity contribution in [1.29, 1.82) is 0 Å². The van der Waals surface area contributed by atoms with Crippen LogP contribution in [0, 0.1) is 13.8 Å². The molecule has 0 aliphatic carbocycles. The summed E-state index contributed by atoms with van der Waals surface area (Å²) in [6.07, 6.45) is 0. The van der Waals surface area contributed by atoms with Crippen molar-refractivity contribution >= 4 is 17.7 Å². The summed E-state index contributed by atoms with van der Waals surface area (Å²) in [6, 6.07) is 1.33. The van der Waals surface area contributed by atoms with Gasteiger partial charge in [-0.25, -0.2) is 9.97 Å². The topological polar surface area (TPSA) is 75.1 Å². The Morgan fingerprint density at radius 2 is 2.06 bits per heavy atom. The van der Waals surface area contributed by atoms with Gasteiger partial charge >= 0.3 is 5.97 Å². The van der Waals surface area contributed by atoms with Gasteiger partial charge in [0, 0.05) is 17.1 Å². The molecule has 1 rings (SSSR count). The molecule has 17 heavy (non-hydrogen) atoms. The molecule has 6 heteroatoms. The highest BCUT2D eigenvalue weighted by molar-refractivity contribution is 7.99. The van der Waals surface area contributed by atoms with Gasteiger partial charge in [-0.15, -0.1) is 0 Å². The van der Waals surface area contributed by atoms with Crippen molar-refractivity contribution in [3.63, 3.8) is 0 Å². The lowest BCUT2D eigenvalue weighted by Crippen LogP contribution is -2.38. The lowest BCUT2D eigenvalue weighted by molar-refractivity contribution is -0.138. The van der Waals surface area contributed by atoms with Crippen molar-refractivity contribution in [2.24, 2.45) is 0 Å². The van der Waals surface area contributed by atoms with Gasteiger partial charge in [-0.05, 0) is 26.5 Å². The number of carboxylic acid groups (broad SMARTS) is 1. The van der Waals surface area contributed by atoms with Crippen LogP contribution in [0.1, 0.15) is 18.3 Å². The van der Waals surface area contributed by atoms with Crippen LogP contribution in [0.3, 0.4) is 0 Å². The van der Waals surface area contributed by atoms with Crippen LogP contribution in [0.4, 0.5) is 0 Å². The second-order valence-corrected chi connectivity index (χ2v) is 4.68. The van der Waals surface area contributed by atoms with Crippen molar-refractivity contribution in [2.75, 3.05) is 12.3 Å². The molecule has 1 unspecified atom stereocenters. The average Bonchev–Trinajstić information content (AvgIpc) is 2.22. The maximum Gasteiger partial charge on any atom is 0.321 e. The van der Waals surface area contributed by atoms with E-state index in [1.54, 1.807) is 0 Å². The Kier molecular flexibility index (Phi) is 5.37. The minimum absolute atomic E-state index is 0.423. The van der Waals surface area contributed by atoms with E-state index in [1.807, 2.05) is 26.8 Å². The monoisotopic (exact) mass is 255 g/mol. The van der Waals surface area contributed by atoms with Gasteiger partial charge in [-0.1, -0.05) is 18.7 Å². The highest BCUT2D eigenvalue weighted by Crippen LogP contribution is 2.15. The number of aliphatic carboxylic acids is 1. The Morgan fingerprint density at radius 1 is 1.47 bits per heavy atom. The van der Waals surface area contributed by atoms with Gasteiger partial charge in [0.25, 0.3) is 0 Å². The maximum atomic E-state index is 10.9. The smallest absolute Gasteiger partial charge is 0.321 e. The number of thioether (sulfide) groups is 1. The number of aryl methyl sites for hydroxylation is 2. The zero-order valence-electron chi connectivity index (χ0n) is 10.2. The molecular weight excluding hydrogens is 238 g/mol. The Bertz CT molecular complexity index is 378. The number of carboxylic acids is 1. The maximum absolute atomic E-state index is 10.9. The normalized spacial score (nSPS) is 12.4. The molecule has 0 amide bonds. The van der Waals surface area contributed by atoms with Crippen molar-refractivity contribution in [1.82, 2.24) is 15.3 Å². The molecule has 94 valence electrons. The molecule has 5 nitrogen and oxygen atoms in total. The number of nitrogens with one attached hydrogen (secondary N) is 1. The molecule has 0 aromatic carbocycles. The van der Waals surface area contributed by atoms with Gasteiger partial charge in [0.2, 0.25) is 0 Å². The van der Waals surface area contributed by atoms with Crippen molar-refractivity contribution in [3.05, 3.63) is 17.5 Å².